The second-order valence-corrected chi connectivity index (χ2v) is 8.08. The van der Waals surface area contributed by atoms with Gasteiger partial charge in [0.1, 0.15) is 11.5 Å². The van der Waals surface area contributed by atoms with Crippen LogP contribution in [-0.4, -0.2) is 27.8 Å². The Labute approximate surface area is 182 Å². The van der Waals surface area contributed by atoms with Crippen LogP contribution in [0.3, 0.4) is 0 Å². The first kappa shape index (κ1) is 19.3. The second-order valence-electron chi connectivity index (χ2n) is 7.65. The smallest absolute Gasteiger partial charge is 0.238 e. The highest BCUT2D eigenvalue weighted by Gasteiger charge is 2.48. The van der Waals surface area contributed by atoms with Crippen LogP contribution in [-0.2, 0) is 9.59 Å². The molecular formula is C24H16ClNO5. The van der Waals surface area contributed by atoms with Gasteiger partial charge in [-0.2, -0.15) is 0 Å². The topological polar surface area (TPSA) is 94.9 Å². The minimum atomic E-state index is -0.805. The van der Waals surface area contributed by atoms with Gasteiger partial charge >= 0.3 is 0 Å². The first-order valence-corrected chi connectivity index (χ1v) is 10.1. The standard InChI is InChI=1S/C24H16ClNO5/c25-12-4-1-5-13(10-12)26-19(29)11-16(24(26)31)20-14-6-2-8-17(27)21(14)23(30)22-15(20)7-3-9-18(22)28/h1-10,16,20,27-28H,11H2/t16-/m0/s1. The third-order valence-electron chi connectivity index (χ3n) is 5.92. The number of carbonyl (C=O) groups is 3. The summed E-state index contributed by atoms with van der Waals surface area (Å²) in [6.45, 7) is 0. The van der Waals surface area contributed by atoms with Gasteiger partial charge in [0.25, 0.3) is 0 Å². The summed E-state index contributed by atoms with van der Waals surface area (Å²) in [6.07, 6.45) is -0.0750. The lowest BCUT2D eigenvalue weighted by Gasteiger charge is -2.31. The summed E-state index contributed by atoms with van der Waals surface area (Å²) in [5.41, 5.74) is 1.39. The van der Waals surface area contributed by atoms with Crippen LogP contribution in [0.5, 0.6) is 11.5 Å². The van der Waals surface area contributed by atoms with Crippen molar-refractivity contribution in [3.8, 4) is 11.5 Å². The Bertz CT molecular complexity index is 1230. The molecule has 2 aliphatic rings. The van der Waals surface area contributed by atoms with Gasteiger partial charge in [-0.25, -0.2) is 0 Å². The molecule has 0 spiro atoms. The van der Waals surface area contributed by atoms with E-state index < -0.39 is 23.5 Å². The van der Waals surface area contributed by atoms with E-state index in [1.165, 1.54) is 12.1 Å². The first-order chi connectivity index (χ1) is 14.9. The Balaban J connectivity index is 1.68. The van der Waals surface area contributed by atoms with Crippen molar-refractivity contribution in [3.63, 3.8) is 0 Å². The number of anilines is 1. The molecule has 1 fully saturated rings. The van der Waals surface area contributed by atoms with Gasteiger partial charge in [0.2, 0.25) is 17.6 Å². The van der Waals surface area contributed by atoms with Gasteiger partial charge in [0, 0.05) is 17.4 Å². The largest absolute Gasteiger partial charge is 0.507 e. The number of amides is 2. The summed E-state index contributed by atoms with van der Waals surface area (Å²) in [5.74, 6) is -3.26. The van der Waals surface area contributed by atoms with Gasteiger partial charge in [0.05, 0.1) is 22.7 Å². The zero-order valence-electron chi connectivity index (χ0n) is 16.1. The Hall–Kier alpha value is -3.64. The van der Waals surface area contributed by atoms with E-state index in [0.29, 0.717) is 21.8 Å². The average Bonchev–Trinajstić information content (AvgIpc) is 3.02. The Kier molecular flexibility index (Phi) is 4.34. The number of halogens is 1. The van der Waals surface area contributed by atoms with Gasteiger partial charge in [-0.05, 0) is 41.5 Å². The molecule has 0 bridgehead atoms. The van der Waals surface area contributed by atoms with Crippen LogP contribution in [0.25, 0.3) is 0 Å². The van der Waals surface area contributed by atoms with Gasteiger partial charge in [-0.15, -0.1) is 0 Å². The minimum absolute atomic E-state index is 0.0444. The zero-order chi connectivity index (χ0) is 21.9. The number of ketones is 1. The number of hydrogen-bond acceptors (Lipinski definition) is 5. The normalized spacial score (nSPS) is 18.3. The zero-order valence-corrected chi connectivity index (χ0v) is 16.8. The quantitative estimate of drug-likeness (QED) is 0.595. The van der Waals surface area contributed by atoms with Crippen LogP contribution in [0.4, 0.5) is 5.69 Å². The van der Waals surface area contributed by atoms with Crippen molar-refractivity contribution in [2.24, 2.45) is 5.92 Å². The maximum atomic E-state index is 13.4. The van der Waals surface area contributed by atoms with E-state index in [1.807, 2.05) is 0 Å². The molecule has 0 aromatic heterocycles. The SMILES string of the molecule is O=C1c2c(O)cccc2C([C@@H]2CC(=O)N(c3cccc(Cl)c3)C2=O)c2cccc(O)c21. The molecule has 5 rings (SSSR count). The van der Waals surface area contributed by atoms with Crippen molar-refractivity contribution in [2.45, 2.75) is 12.3 Å². The number of carbonyl (C=O) groups excluding carboxylic acids is 3. The molecule has 1 saturated heterocycles. The monoisotopic (exact) mass is 433 g/mol. The van der Waals surface area contributed by atoms with E-state index in [4.69, 9.17) is 11.6 Å². The van der Waals surface area contributed by atoms with Crippen LogP contribution in [0, 0.1) is 5.92 Å². The number of imide groups is 1. The summed E-state index contributed by atoms with van der Waals surface area (Å²) < 4.78 is 0. The molecule has 31 heavy (non-hydrogen) atoms. The van der Waals surface area contributed by atoms with Crippen LogP contribution >= 0.6 is 11.6 Å². The fraction of sp³-hybridized carbons (Fsp3) is 0.125. The van der Waals surface area contributed by atoms with Gasteiger partial charge in [-0.3, -0.25) is 19.3 Å². The van der Waals surface area contributed by atoms with E-state index >= 15 is 0 Å². The number of nitrogens with zero attached hydrogens (tertiary/aromatic N) is 1. The van der Waals surface area contributed by atoms with Crippen molar-refractivity contribution in [2.75, 3.05) is 4.90 Å². The maximum Gasteiger partial charge on any atom is 0.238 e. The summed E-state index contributed by atoms with van der Waals surface area (Å²) in [4.78, 5) is 40.5. The van der Waals surface area contributed by atoms with E-state index in [0.717, 1.165) is 4.90 Å². The summed E-state index contributed by atoms with van der Waals surface area (Å²) in [7, 11) is 0. The van der Waals surface area contributed by atoms with E-state index in [2.05, 4.69) is 0 Å². The predicted molar refractivity (Wildman–Crippen MR) is 114 cm³/mol. The van der Waals surface area contributed by atoms with Crippen LogP contribution in [0.1, 0.15) is 39.4 Å². The third kappa shape index (κ3) is 2.83. The fourth-order valence-electron chi connectivity index (χ4n) is 4.66. The van der Waals surface area contributed by atoms with E-state index in [1.54, 1.807) is 48.5 Å². The number of fused-ring (bicyclic) bond motifs is 2. The molecule has 3 aromatic carbocycles. The third-order valence-corrected chi connectivity index (χ3v) is 6.16. The first-order valence-electron chi connectivity index (χ1n) is 9.69. The fourth-order valence-corrected chi connectivity index (χ4v) is 4.84. The van der Waals surface area contributed by atoms with Crippen molar-refractivity contribution in [1.82, 2.24) is 0 Å². The molecule has 6 nitrogen and oxygen atoms in total. The average molecular weight is 434 g/mol. The molecule has 1 aliphatic carbocycles. The number of hydrogen-bond donors (Lipinski definition) is 2. The summed E-state index contributed by atoms with van der Waals surface area (Å²) in [6, 6.07) is 15.8. The molecule has 0 radical (unpaired) electrons. The molecule has 154 valence electrons. The van der Waals surface area contributed by atoms with Crippen molar-refractivity contribution < 1.29 is 24.6 Å². The minimum Gasteiger partial charge on any atom is -0.507 e. The molecule has 7 heteroatoms. The van der Waals surface area contributed by atoms with Gasteiger partial charge in [-0.1, -0.05) is 41.9 Å². The lowest BCUT2D eigenvalue weighted by atomic mass is 9.70. The highest BCUT2D eigenvalue weighted by molar-refractivity contribution is 6.31. The lowest BCUT2D eigenvalue weighted by molar-refractivity contribution is -0.122. The van der Waals surface area contributed by atoms with Crippen molar-refractivity contribution >= 4 is 34.9 Å². The highest BCUT2D eigenvalue weighted by atomic mass is 35.5. The number of phenolic OH excluding ortho intramolecular Hbond substituents is 2. The molecule has 2 N–H and O–H groups in total. The molecule has 3 aromatic rings. The van der Waals surface area contributed by atoms with Crippen LogP contribution in [0.15, 0.2) is 60.7 Å². The lowest BCUT2D eigenvalue weighted by Crippen LogP contribution is -2.33. The van der Waals surface area contributed by atoms with Crippen LogP contribution < -0.4 is 4.90 Å². The van der Waals surface area contributed by atoms with Gasteiger partial charge in [0.15, 0.2) is 0 Å². The summed E-state index contributed by atoms with van der Waals surface area (Å²) in [5, 5.41) is 21.2. The van der Waals surface area contributed by atoms with E-state index in [-0.39, 0.29) is 35.0 Å². The molecule has 1 atom stereocenters. The molecule has 1 aliphatic heterocycles. The van der Waals surface area contributed by atoms with Crippen molar-refractivity contribution in [3.05, 3.63) is 87.9 Å². The number of aromatic hydroxyl groups is 2. The molecule has 2 amide bonds. The molecular weight excluding hydrogens is 418 g/mol. The predicted octanol–water partition coefficient (Wildman–Crippen LogP) is 4.01. The number of phenols is 2. The Morgan fingerprint density at radius 3 is 2.00 bits per heavy atom. The molecule has 0 unspecified atom stereocenters. The number of benzene rings is 3. The summed E-state index contributed by atoms with van der Waals surface area (Å²) >= 11 is 6.05. The van der Waals surface area contributed by atoms with Crippen LogP contribution in [0.2, 0.25) is 5.02 Å². The van der Waals surface area contributed by atoms with Gasteiger partial charge < -0.3 is 10.2 Å². The molecule has 1 heterocycles. The van der Waals surface area contributed by atoms with E-state index in [9.17, 15) is 24.6 Å². The Morgan fingerprint density at radius 2 is 1.42 bits per heavy atom. The second kappa shape index (κ2) is 6.96. The molecule has 0 saturated carbocycles. The number of rotatable bonds is 2. The van der Waals surface area contributed by atoms with Crippen molar-refractivity contribution in [1.29, 1.82) is 0 Å². The Morgan fingerprint density at radius 1 is 0.839 bits per heavy atom. The highest BCUT2D eigenvalue weighted by Crippen LogP contribution is 2.49. The maximum absolute atomic E-state index is 13.4.